The lowest BCUT2D eigenvalue weighted by molar-refractivity contribution is -0.384. The van der Waals surface area contributed by atoms with Gasteiger partial charge in [0.25, 0.3) is 5.91 Å². The second-order valence-electron chi connectivity index (χ2n) is 5.57. The van der Waals surface area contributed by atoms with Gasteiger partial charge in [-0.2, -0.15) is 0 Å². The number of likely N-dealkylation sites (N-methyl/N-ethyl adjacent to an activating group) is 1. The molecule has 7 heteroatoms. The molecule has 1 aromatic rings. The smallest absolute Gasteiger partial charge is 0.304 e. The van der Waals surface area contributed by atoms with Crippen LogP contribution in [0.25, 0.3) is 0 Å². The molecule has 1 aliphatic heterocycles. The molecule has 1 aromatic carbocycles. The van der Waals surface area contributed by atoms with Crippen molar-refractivity contribution in [3.8, 4) is 0 Å². The van der Waals surface area contributed by atoms with Crippen LogP contribution in [0.1, 0.15) is 24.2 Å². The zero-order chi connectivity index (χ0) is 15.7. The van der Waals surface area contributed by atoms with Crippen LogP contribution < -0.4 is 5.73 Å². The lowest BCUT2D eigenvalue weighted by Gasteiger charge is -2.42. The van der Waals surface area contributed by atoms with E-state index in [1.807, 2.05) is 20.9 Å². The van der Waals surface area contributed by atoms with E-state index in [2.05, 4.69) is 4.90 Å². The Morgan fingerprint density at radius 1 is 1.33 bits per heavy atom. The molecule has 114 valence electrons. The van der Waals surface area contributed by atoms with Crippen molar-refractivity contribution in [2.24, 2.45) is 0 Å². The van der Waals surface area contributed by atoms with E-state index >= 15 is 0 Å². The Morgan fingerprint density at radius 3 is 2.43 bits per heavy atom. The van der Waals surface area contributed by atoms with Gasteiger partial charge >= 0.3 is 5.69 Å². The van der Waals surface area contributed by atoms with E-state index in [1.165, 1.54) is 12.1 Å². The Labute approximate surface area is 123 Å². The first-order valence-electron chi connectivity index (χ1n) is 6.87. The first-order valence-corrected chi connectivity index (χ1v) is 6.87. The minimum atomic E-state index is -0.592. The number of nitro groups is 1. The highest BCUT2D eigenvalue weighted by atomic mass is 16.6. The number of benzene rings is 1. The summed E-state index contributed by atoms with van der Waals surface area (Å²) in [6.45, 7) is 5.16. The van der Waals surface area contributed by atoms with E-state index in [4.69, 9.17) is 5.73 Å². The van der Waals surface area contributed by atoms with Gasteiger partial charge in [-0.3, -0.25) is 19.8 Å². The fraction of sp³-hybridized carbons (Fsp3) is 0.500. The Morgan fingerprint density at radius 2 is 1.90 bits per heavy atom. The lowest BCUT2D eigenvalue weighted by Crippen LogP contribution is -2.56. The molecule has 2 N–H and O–H groups in total. The molecule has 7 nitrogen and oxygen atoms in total. The average Bonchev–Trinajstić information content (AvgIpc) is 2.42. The monoisotopic (exact) mass is 292 g/mol. The number of nitrogens with two attached hydrogens (primary N) is 1. The van der Waals surface area contributed by atoms with E-state index in [-0.39, 0.29) is 34.9 Å². The molecule has 1 aliphatic rings. The van der Waals surface area contributed by atoms with E-state index in [0.717, 1.165) is 0 Å². The maximum absolute atomic E-state index is 12.6. The van der Waals surface area contributed by atoms with Crippen LogP contribution >= 0.6 is 0 Å². The number of para-hydroxylation sites is 1. The van der Waals surface area contributed by atoms with Crippen LogP contribution in [-0.2, 0) is 0 Å². The highest BCUT2D eigenvalue weighted by Gasteiger charge is 2.33. The van der Waals surface area contributed by atoms with Crippen molar-refractivity contribution in [3.05, 3.63) is 33.9 Å². The molecule has 0 radical (unpaired) electrons. The Balaban J connectivity index is 2.33. The summed E-state index contributed by atoms with van der Waals surface area (Å²) in [7, 11) is 2.01. The van der Waals surface area contributed by atoms with Crippen LogP contribution in [0.4, 0.5) is 11.4 Å². The number of rotatable bonds is 2. The molecule has 0 aliphatic carbocycles. The quantitative estimate of drug-likeness (QED) is 0.504. The fourth-order valence-corrected chi connectivity index (χ4v) is 2.68. The first kappa shape index (κ1) is 15.2. The van der Waals surface area contributed by atoms with Gasteiger partial charge in [-0.05, 0) is 33.0 Å². The van der Waals surface area contributed by atoms with Gasteiger partial charge in [0, 0.05) is 25.2 Å². The number of nitrogens with zero attached hydrogens (tertiary/aromatic N) is 3. The molecule has 1 heterocycles. The van der Waals surface area contributed by atoms with Crippen LogP contribution in [0.3, 0.4) is 0 Å². The topological polar surface area (TPSA) is 92.7 Å². The van der Waals surface area contributed by atoms with Crippen molar-refractivity contribution < 1.29 is 9.72 Å². The third kappa shape index (κ3) is 2.82. The summed E-state index contributed by atoms with van der Waals surface area (Å²) in [4.78, 5) is 27.0. The highest BCUT2D eigenvalue weighted by molar-refractivity contribution is 6.00. The number of nitrogen functional groups attached to an aromatic ring is 1. The summed E-state index contributed by atoms with van der Waals surface area (Å²) in [5.41, 5.74) is 5.42. The van der Waals surface area contributed by atoms with Crippen LogP contribution in [0.2, 0.25) is 0 Å². The van der Waals surface area contributed by atoms with Crippen LogP contribution in [-0.4, -0.2) is 52.9 Å². The second-order valence-corrected chi connectivity index (χ2v) is 5.57. The predicted octanol–water partition coefficient (Wildman–Crippen LogP) is 1.34. The van der Waals surface area contributed by atoms with E-state index in [9.17, 15) is 14.9 Å². The number of amides is 1. The Hall–Kier alpha value is -2.15. The zero-order valence-corrected chi connectivity index (χ0v) is 12.4. The molecule has 0 bridgehead atoms. The summed E-state index contributed by atoms with van der Waals surface area (Å²) in [5, 5.41) is 11.2. The normalized spacial score (nSPS) is 23.1. The van der Waals surface area contributed by atoms with Crippen LogP contribution in [0, 0.1) is 10.1 Å². The minimum Gasteiger partial charge on any atom is -0.393 e. The molecule has 0 saturated carbocycles. The van der Waals surface area contributed by atoms with Crippen molar-refractivity contribution in [1.82, 2.24) is 9.80 Å². The number of carbonyl (C=O) groups excluding carboxylic acids is 1. The highest BCUT2D eigenvalue weighted by Crippen LogP contribution is 2.28. The lowest BCUT2D eigenvalue weighted by atomic mass is 10.1. The third-order valence-corrected chi connectivity index (χ3v) is 4.13. The predicted molar refractivity (Wildman–Crippen MR) is 80.1 cm³/mol. The Bertz CT molecular complexity index is 563. The summed E-state index contributed by atoms with van der Waals surface area (Å²) in [6, 6.07) is 4.88. The maximum Gasteiger partial charge on any atom is 0.304 e. The van der Waals surface area contributed by atoms with Gasteiger partial charge < -0.3 is 10.6 Å². The van der Waals surface area contributed by atoms with Crippen molar-refractivity contribution >= 4 is 17.3 Å². The van der Waals surface area contributed by atoms with E-state index in [0.29, 0.717) is 13.1 Å². The standard InChI is InChI=1S/C14H20N4O3/c1-9-7-17(8-10(2)16(9)3)14(19)11-5-4-6-12(15)13(11)18(20)21/h4-6,9-10H,7-8,15H2,1-3H3. The number of hydrogen-bond donors (Lipinski definition) is 1. The van der Waals surface area contributed by atoms with E-state index < -0.39 is 4.92 Å². The molecular weight excluding hydrogens is 272 g/mol. The molecular formula is C14H20N4O3. The van der Waals surface area contributed by atoms with Gasteiger partial charge in [0.05, 0.1) is 4.92 Å². The fourth-order valence-electron chi connectivity index (χ4n) is 2.68. The van der Waals surface area contributed by atoms with Gasteiger partial charge in [0.2, 0.25) is 0 Å². The van der Waals surface area contributed by atoms with Crippen molar-refractivity contribution in [3.63, 3.8) is 0 Å². The van der Waals surface area contributed by atoms with Crippen LogP contribution in [0.15, 0.2) is 18.2 Å². The molecule has 21 heavy (non-hydrogen) atoms. The number of anilines is 1. The van der Waals surface area contributed by atoms with Crippen LogP contribution in [0.5, 0.6) is 0 Å². The van der Waals surface area contributed by atoms with Crippen molar-refractivity contribution in [1.29, 1.82) is 0 Å². The molecule has 2 unspecified atom stereocenters. The molecule has 2 atom stereocenters. The minimum absolute atomic E-state index is 0.0149. The van der Waals surface area contributed by atoms with Gasteiger partial charge in [-0.25, -0.2) is 0 Å². The molecule has 0 aromatic heterocycles. The molecule has 1 fully saturated rings. The average molecular weight is 292 g/mol. The summed E-state index contributed by atoms with van der Waals surface area (Å²) in [5.74, 6) is -0.333. The first-order chi connectivity index (χ1) is 9.82. The van der Waals surface area contributed by atoms with Crippen molar-refractivity contribution in [2.45, 2.75) is 25.9 Å². The largest absolute Gasteiger partial charge is 0.393 e. The van der Waals surface area contributed by atoms with E-state index in [1.54, 1.807) is 11.0 Å². The summed E-state index contributed by atoms with van der Waals surface area (Å²) in [6.07, 6.45) is 0. The second kappa shape index (κ2) is 5.69. The molecule has 1 amide bonds. The number of piperazine rings is 1. The van der Waals surface area contributed by atoms with Gasteiger partial charge in [0.15, 0.2) is 0 Å². The SMILES string of the molecule is CC1CN(C(=O)c2cccc(N)c2[N+](=O)[O-])CC(C)N1C. The number of carbonyl (C=O) groups is 1. The number of hydrogen-bond acceptors (Lipinski definition) is 5. The summed E-state index contributed by atoms with van der Waals surface area (Å²) < 4.78 is 0. The summed E-state index contributed by atoms with van der Waals surface area (Å²) >= 11 is 0. The third-order valence-electron chi connectivity index (χ3n) is 4.13. The van der Waals surface area contributed by atoms with Crippen molar-refractivity contribution in [2.75, 3.05) is 25.9 Å². The van der Waals surface area contributed by atoms with Gasteiger partial charge in [-0.1, -0.05) is 6.07 Å². The van der Waals surface area contributed by atoms with Gasteiger partial charge in [-0.15, -0.1) is 0 Å². The molecule has 0 spiro atoms. The Kier molecular flexibility index (Phi) is 4.13. The maximum atomic E-state index is 12.6. The molecule has 1 saturated heterocycles. The molecule has 2 rings (SSSR count). The number of nitro benzene ring substituents is 1. The van der Waals surface area contributed by atoms with Gasteiger partial charge in [0.1, 0.15) is 11.3 Å². The zero-order valence-electron chi connectivity index (χ0n) is 12.4.